The normalized spacial score (nSPS) is 14.9. The molecule has 14 heavy (non-hydrogen) atoms. The highest BCUT2D eigenvalue weighted by Gasteiger charge is 2.15. The van der Waals surface area contributed by atoms with Crippen LogP contribution in [0.2, 0.25) is 0 Å². The molecule has 0 amide bonds. The molecule has 0 radical (unpaired) electrons. The van der Waals surface area contributed by atoms with Gasteiger partial charge in [-0.2, -0.15) is 0 Å². The fourth-order valence-electron chi connectivity index (χ4n) is 1.23. The summed E-state index contributed by atoms with van der Waals surface area (Å²) < 4.78 is 26.9. The second-order valence-electron chi connectivity index (χ2n) is 2.87. The van der Waals surface area contributed by atoms with Gasteiger partial charge in [0.05, 0.1) is 10.6 Å². The molecule has 1 heterocycles. The molecule has 0 unspecified atom stereocenters. The Morgan fingerprint density at radius 3 is 3.00 bits per heavy atom. The summed E-state index contributed by atoms with van der Waals surface area (Å²) >= 11 is 1.59. The van der Waals surface area contributed by atoms with E-state index in [2.05, 4.69) is 0 Å². The highest BCUT2D eigenvalue weighted by atomic mass is 35.7. The van der Waals surface area contributed by atoms with Gasteiger partial charge >= 0.3 is 0 Å². The fourth-order valence-corrected chi connectivity index (χ4v) is 2.92. The van der Waals surface area contributed by atoms with Crippen LogP contribution in [-0.2, 0) is 14.8 Å². The Bertz CT molecular complexity index is 456. The van der Waals surface area contributed by atoms with Crippen LogP contribution in [0.3, 0.4) is 0 Å². The van der Waals surface area contributed by atoms with E-state index in [9.17, 15) is 8.42 Å². The molecule has 0 bridgehead atoms. The number of benzene rings is 1. The maximum atomic E-state index is 10.8. The molecule has 6 heteroatoms. The first-order chi connectivity index (χ1) is 6.54. The van der Waals surface area contributed by atoms with Crippen LogP contribution >= 0.6 is 22.4 Å². The van der Waals surface area contributed by atoms with Crippen LogP contribution in [0.25, 0.3) is 0 Å². The quantitative estimate of drug-likeness (QED) is 0.755. The highest BCUT2D eigenvalue weighted by molar-refractivity contribution is 8.13. The first-order valence-corrected chi connectivity index (χ1v) is 7.32. The maximum Gasteiger partial charge on any atom is 0.236 e. The molecular formula is C8H7ClO3S2. The standard InChI is InChI=1S/C8H7ClO3S2/c9-14(10,11)4-6-1-2-8-7(3-6)12-5-13-8/h1-3H,4-5H2. The Hall–Kier alpha value is -0.390. The molecule has 3 nitrogen and oxygen atoms in total. The first kappa shape index (κ1) is 10.1. The number of hydrogen-bond acceptors (Lipinski definition) is 4. The van der Waals surface area contributed by atoms with Crippen LogP contribution in [0.5, 0.6) is 5.75 Å². The Morgan fingerprint density at radius 2 is 2.29 bits per heavy atom. The minimum atomic E-state index is -3.48. The molecule has 0 atom stereocenters. The van der Waals surface area contributed by atoms with Crippen LogP contribution in [0.15, 0.2) is 23.1 Å². The monoisotopic (exact) mass is 250 g/mol. The molecule has 0 saturated heterocycles. The average molecular weight is 251 g/mol. The lowest BCUT2D eigenvalue weighted by atomic mass is 10.2. The minimum Gasteiger partial charge on any atom is -0.481 e. The second kappa shape index (κ2) is 3.64. The van der Waals surface area contributed by atoms with Gasteiger partial charge in [-0.25, -0.2) is 8.42 Å². The van der Waals surface area contributed by atoms with E-state index in [1.165, 1.54) is 0 Å². The zero-order valence-electron chi connectivity index (χ0n) is 7.07. The number of halogens is 1. The number of rotatable bonds is 2. The van der Waals surface area contributed by atoms with Crippen molar-refractivity contribution in [1.29, 1.82) is 0 Å². The molecule has 2 rings (SSSR count). The van der Waals surface area contributed by atoms with Gasteiger partial charge in [0, 0.05) is 10.7 Å². The molecule has 0 N–H and O–H groups in total. The zero-order valence-corrected chi connectivity index (χ0v) is 9.45. The van der Waals surface area contributed by atoms with Crippen LogP contribution in [-0.4, -0.2) is 14.4 Å². The molecule has 1 aliphatic heterocycles. The second-order valence-corrected chi connectivity index (χ2v) is 6.61. The Balaban J connectivity index is 2.29. The van der Waals surface area contributed by atoms with Gasteiger partial charge in [0.15, 0.2) is 0 Å². The summed E-state index contributed by atoms with van der Waals surface area (Å²) in [4.78, 5) is 1.04. The summed E-state index contributed by atoms with van der Waals surface area (Å²) in [6, 6.07) is 5.32. The van der Waals surface area contributed by atoms with E-state index in [0.29, 0.717) is 11.5 Å². The van der Waals surface area contributed by atoms with E-state index in [1.54, 1.807) is 23.9 Å². The Morgan fingerprint density at radius 1 is 1.50 bits per heavy atom. The van der Waals surface area contributed by atoms with E-state index in [-0.39, 0.29) is 5.75 Å². The number of thioether (sulfide) groups is 1. The summed E-state index contributed by atoms with van der Waals surface area (Å²) in [6.07, 6.45) is 0. The molecule has 1 aromatic rings. The molecule has 76 valence electrons. The van der Waals surface area contributed by atoms with Crippen molar-refractivity contribution < 1.29 is 13.2 Å². The summed E-state index contributed by atoms with van der Waals surface area (Å²) in [5.41, 5.74) is 0.654. The van der Waals surface area contributed by atoms with Gasteiger partial charge in [0.1, 0.15) is 11.7 Å². The van der Waals surface area contributed by atoms with E-state index < -0.39 is 9.05 Å². The van der Waals surface area contributed by atoms with Gasteiger partial charge in [-0.1, -0.05) is 17.8 Å². The Labute approximate surface area is 90.8 Å². The number of hydrogen-bond donors (Lipinski definition) is 0. The van der Waals surface area contributed by atoms with Gasteiger partial charge in [-0.15, -0.1) is 0 Å². The third-order valence-corrected chi connectivity index (χ3v) is 3.67. The molecule has 1 aliphatic rings. The summed E-state index contributed by atoms with van der Waals surface area (Å²) in [5.74, 6) is 1.18. The van der Waals surface area contributed by atoms with Crippen LogP contribution in [0, 0.1) is 0 Å². The van der Waals surface area contributed by atoms with Crippen molar-refractivity contribution in [2.45, 2.75) is 10.6 Å². The lowest BCUT2D eigenvalue weighted by Crippen LogP contribution is -1.95. The van der Waals surface area contributed by atoms with Crippen molar-refractivity contribution in [3.63, 3.8) is 0 Å². The number of fused-ring (bicyclic) bond motifs is 1. The predicted molar refractivity (Wildman–Crippen MR) is 56.3 cm³/mol. The third-order valence-electron chi connectivity index (χ3n) is 1.78. The smallest absolute Gasteiger partial charge is 0.236 e. The summed E-state index contributed by atoms with van der Waals surface area (Å²) in [7, 11) is 1.66. The molecular weight excluding hydrogens is 244 g/mol. The minimum absolute atomic E-state index is 0.157. The van der Waals surface area contributed by atoms with Crippen LogP contribution < -0.4 is 4.74 Å². The average Bonchev–Trinajstić information content (AvgIpc) is 2.47. The molecule has 0 aliphatic carbocycles. The van der Waals surface area contributed by atoms with Gasteiger partial charge < -0.3 is 4.74 Å². The van der Waals surface area contributed by atoms with E-state index in [4.69, 9.17) is 15.4 Å². The van der Waals surface area contributed by atoms with Crippen molar-refractivity contribution in [1.82, 2.24) is 0 Å². The topological polar surface area (TPSA) is 43.4 Å². The lowest BCUT2D eigenvalue weighted by Gasteiger charge is -2.01. The maximum absolute atomic E-state index is 10.8. The zero-order chi connectivity index (χ0) is 10.2. The van der Waals surface area contributed by atoms with Crippen molar-refractivity contribution in [3.05, 3.63) is 23.8 Å². The molecule has 0 spiro atoms. The molecule has 0 fully saturated rings. The molecule has 1 aromatic carbocycles. The summed E-state index contributed by atoms with van der Waals surface area (Å²) in [6.45, 7) is 0. The van der Waals surface area contributed by atoms with Crippen molar-refractivity contribution >= 4 is 31.5 Å². The molecule has 0 saturated carbocycles. The molecule has 0 aromatic heterocycles. The Kier molecular flexibility index (Phi) is 2.64. The fraction of sp³-hybridized carbons (Fsp3) is 0.250. The van der Waals surface area contributed by atoms with Gasteiger partial charge in [-0.05, 0) is 17.7 Å². The van der Waals surface area contributed by atoms with E-state index >= 15 is 0 Å². The summed E-state index contributed by atoms with van der Waals surface area (Å²) in [5, 5.41) is 0. The predicted octanol–water partition coefficient (Wildman–Crippen LogP) is 2.20. The SMILES string of the molecule is O=S(=O)(Cl)Cc1ccc2c(c1)OCS2. The van der Waals surface area contributed by atoms with E-state index in [1.807, 2.05) is 6.07 Å². The first-order valence-electron chi connectivity index (χ1n) is 3.85. The lowest BCUT2D eigenvalue weighted by molar-refractivity contribution is 0.397. The van der Waals surface area contributed by atoms with Gasteiger partial charge in [0.25, 0.3) is 0 Å². The van der Waals surface area contributed by atoms with Gasteiger partial charge in [-0.3, -0.25) is 0 Å². The highest BCUT2D eigenvalue weighted by Crippen LogP contribution is 2.36. The largest absolute Gasteiger partial charge is 0.481 e. The van der Waals surface area contributed by atoms with Crippen molar-refractivity contribution in [2.75, 3.05) is 5.94 Å². The van der Waals surface area contributed by atoms with Crippen molar-refractivity contribution in [2.24, 2.45) is 0 Å². The van der Waals surface area contributed by atoms with Crippen LogP contribution in [0.1, 0.15) is 5.56 Å². The van der Waals surface area contributed by atoms with Gasteiger partial charge in [0.2, 0.25) is 9.05 Å². The van der Waals surface area contributed by atoms with E-state index in [0.717, 1.165) is 10.6 Å². The van der Waals surface area contributed by atoms with Crippen LogP contribution in [0.4, 0.5) is 0 Å². The van der Waals surface area contributed by atoms with Crippen molar-refractivity contribution in [3.8, 4) is 5.75 Å². The third kappa shape index (κ3) is 2.34. The number of ether oxygens (including phenoxy) is 1.